The molecule has 0 aromatic carbocycles. The van der Waals surface area contributed by atoms with E-state index in [1.165, 1.54) is 0 Å². The third kappa shape index (κ3) is 4.81. The van der Waals surface area contributed by atoms with Gasteiger partial charge in [0.1, 0.15) is 12.2 Å². The number of methoxy groups -OCH3 is 1. The lowest BCUT2D eigenvalue weighted by Gasteiger charge is -2.50. The van der Waals surface area contributed by atoms with Gasteiger partial charge in [-0.1, -0.05) is 33.2 Å². The van der Waals surface area contributed by atoms with Crippen molar-refractivity contribution in [3.05, 3.63) is 48.8 Å². The van der Waals surface area contributed by atoms with Gasteiger partial charge in [0.15, 0.2) is 0 Å². The SMILES string of the molecule is C=C(CO)C1[C@@H](O)[C@H](C(=C)C(=O)OC)[C@@H](OC(=O)C(=C)[C@@H](O)CO)CC1(C)C(=C)O. The lowest BCUT2D eigenvalue weighted by atomic mass is 9.57. The molecular weight excluding hydrogens is 396 g/mol. The molecule has 168 valence electrons. The Kier molecular flexibility index (Phi) is 8.55. The van der Waals surface area contributed by atoms with Crippen LogP contribution >= 0.6 is 0 Å². The summed E-state index contributed by atoms with van der Waals surface area (Å²) in [7, 11) is 1.12. The van der Waals surface area contributed by atoms with Crippen LogP contribution in [0.1, 0.15) is 13.3 Å². The Morgan fingerprint density at radius 3 is 2.17 bits per heavy atom. The molecule has 9 heteroatoms. The van der Waals surface area contributed by atoms with E-state index in [-0.39, 0.29) is 23.3 Å². The highest BCUT2D eigenvalue weighted by molar-refractivity contribution is 5.90. The van der Waals surface area contributed by atoms with Crippen LogP contribution in [0.4, 0.5) is 0 Å². The molecule has 0 bridgehead atoms. The van der Waals surface area contributed by atoms with Gasteiger partial charge in [0.25, 0.3) is 0 Å². The summed E-state index contributed by atoms with van der Waals surface area (Å²) in [5.74, 6) is -4.40. The first-order valence-electron chi connectivity index (χ1n) is 9.18. The number of esters is 2. The normalized spacial score (nSPS) is 29.4. The maximum Gasteiger partial charge on any atom is 0.336 e. The summed E-state index contributed by atoms with van der Waals surface area (Å²) < 4.78 is 10.1. The van der Waals surface area contributed by atoms with Crippen molar-refractivity contribution >= 4 is 11.9 Å². The maximum absolute atomic E-state index is 12.4. The van der Waals surface area contributed by atoms with Gasteiger partial charge in [0.05, 0.1) is 43.7 Å². The van der Waals surface area contributed by atoms with E-state index >= 15 is 0 Å². The van der Waals surface area contributed by atoms with E-state index in [9.17, 15) is 30.0 Å². The zero-order valence-corrected chi connectivity index (χ0v) is 17.2. The highest BCUT2D eigenvalue weighted by Gasteiger charge is 2.55. The molecular formula is C21H30O9. The lowest BCUT2D eigenvalue weighted by Crippen LogP contribution is -2.55. The van der Waals surface area contributed by atoms with Crippen molar-refractivity contribution in [2.75, 3.05) is 20.3 Å². The van der Waals surface area contributed by atoms with Crippen LogP contribution < -0.4 is 0 Å². The number of allylic oxidation sites excluding steroid dienone is 1. The molecule has 1 fully saturated rings. The minimum atomic E-state index is -1.56. The van der Waals surface area contributed by atoms with Gasteiger partial charge in [0.2, 0.25) is 0 Å². The summed E-state index contributed by atoms with van der Waals surface area (Å²) >= 11 is 0. The third-order valence-corrected chi connectivity index (χ3v) is 5.67. The van der Waals surface area contributed by atoms with Gasteiger partial charge >= 0.3 is 11.9 Å². The first kappa shape index (κ1) is 25.6. The Balaban J connectivity index is 3.47. The number of ether oxygens (including phenoxy) is 2. The summed E-state index contributed by atoms with van der Waals surface area (Å²) in [6.45, 7) is 14.6. The molecule has 0 aromatic rings. The molecule has 6 atom stereocenters. The molecule has 0 heterocycles. The average Bonchev–Trinajstić information content (AvgIpc) is 2.70. The summed E-state index contributed by atoms with van der Waals surface area (Å²) in [5, 5.41) is 49.6. The third-order valence-electron chi connectivity index (χ3n) is 5.67. The topological polar surface area (TPSA) is 154 Å². The Hall–Kier alpha value is -2.46. The minimum Gasteiger partial charge on any atom is -0.512 e. The summed E-state index contributed by atoms with van der Waals surface area (Å²) in [4.78, 5) is 24.5. The van der Waals surface area contributed by atoms with E-state index < -0.39 is 66.3 Å². The van der Waals surface area contributed by atoms with Crippen LogP contribution in [0.5, 0.6) is 0 Å². The Morgan fingerprint density at radius 2 is 1.73 bits per heavy atom. The summed E-state index contributed by atoms with van der Waals surface area (Å²) in [5.41, 5.74) is -1.74. The fraction of sp³-hybridized carbons (Fsp3) is 0.524. The summed E-state index contributed by atoms with van der Waals surface area (Å²) in [6, 6.07) is 0. The fourth-order valence-electron chi connectivity index (χ4n) is 3.84. The zero-order chi connectivity index (χ0) is 23.4. The van der Waals surface area contributed by atoms with Crippen LogP contribution in [0.3, 0.4) is 0 Å². The molecule has 1 rings (SSSR count). The molecule has 5 N–H and O–H groups in total. The second-order valence-corrected chi connectivity index (χ2v) is 7.56. The highest BCUT2D eigenvalue weighted by atomic mass is 16.5. The highest BCUT2D eigenvalue weighted by Crippen LogP contribution is 2.52. The van der Waals surface area contributed by atoms with Crippen LogP contribution in [-0.2, 0) is 19.1 Å². The molecule has 1 aliphatic rings. The number of carbonyl (C=O) groups is 2. The van der Waals surface area contributed by atoms with Crippen molar-refractivity contribution in [1.82, 2.24) is 0 Å². The monoisotopic (exact) mass is 426 g/mol. The van der Waals surface area contributed by atoms with Crippen molar-refractivity contribution in [2.45, 2.75) is 31.7 Å². The number of rotatable bonds is 9. The Labute approximate surface area is 175 Å². The first-order chi connectivity index (χ1) is 13.9. The summed E-state index contributed by atoms with van der Waals surface area (Å²) in [6.07, 6.45) is -4.36. The van der Waals surface area contributed by atoms with Gasteiger partial charge in [-0.15, -0.1) is 0 Å². The minimum absolute atomic E-state index is 0.127. The van der Waals surface area contributed by atoms with Gasteiger partial charge in [-0.25, -0.2) is 9.59 Å². The van der Waals surface area contributed by atoms with Gasteiger partial charge in [-0.05, 0) is 12.0 Å². The molecule has 0 saturated heterocycles. The molecule has 1 aliphatic carbocycles. The van der Waals surface area contributed by atoms with Crippen molar-refractivity contribution in [1.29, 1.82) is 0 Å². The molecule has 1 saturated carbocycles. The first-order valence-corrected chi connectivity index (χ1v) is 9.18. The van der Waals surface area contributed by atoms with E-state index in [1.807, 2.05) is 0 Å². The van der Waals surface area contributed by atoms with E-state index in [4.69, 9.17) is 9.84 Å². The molecule has 0 aromatic heterocycles. The number of aliphatic hydroxyl groups is 5. The smallest absolute Gasteiger partial charge is 0.336 e. The fourth-order valence-corrected chi connectivity index (χ4v) is 3.84. The van der Waals surface area contributed by atoms with Crippen molar-refractivity contribution < 1.29 is 44.6 Å². The molecule has 9 nitrogen and oxygen atoms in total. The molecule has 0 radical (unpaired) electrons. The molecule has 0 amide bonds. The van der Waals surface area contributed by atoms with E-state index in [1.54, 1.807) is 6.92 Å². The lowest BCUT2D eigenvalue weighted by molar-refractivity contribution is -0.164. The predicted molar refractivity (Wildman–Crippen MR) is 107 cm³/mol. The predicted octanol–water partition coefficient (Wildman–Crippen LogP) is 0.160. The van der Waals surface area contributed by atoms with Crippen molar-refractivity contribution in [3.8, 4) is 0 Å². The largest absolute Gasteiger partial charge is 0.512 e. The average molecular weight is 426 g/mol. The van der Waals surface area contributed by atoms with E-state index in [0.717, 1.165) is 7.11 Å². The van der Waals surface area contributed by atoms with Gasteiger partial charge < -0.3 is 35.0 Å². The number of aliphatic hydroxyl groups excluding tert-OH is 5. The second kappa shape index (κ2) is 10.0. The maximum atomic E-state index is 12.4. The van der Waals surface area contributed by atoms with Gasteiger partial charge in [0, 0.05) is 16.9 Å². The zero-order valence-electron chi connectivity index (χ0n) is 17.2. The molecule has 30 heavy (non-hydrogen) atoms. The van der Waals surface area contributed by atoms with Crippen LogP contribution in [0.2, 0.25) is 0 Å². The van der Waals surface area contributed by atoms with Crippen LogP contribution in [0.25, 0.3) is 0 Å². The number of hydrogen-bond donors (Lipinski definition) is 5. The van der Waals surface area contributed by atoms with Crippen molar-refractivity contribution in [2.24, 2.45) is 17.3 Å². The second-order valence-electron chi connectivity index (χ2n) is 7.56. The number of carbonyl (C=O) groups excluding carboxylic acids is 2. The van der Waals surface area contributed by atoms with Crippen LogP contribution in [0.15, 0.2) is 48.8 Å². The van der Waals surface area contributed by atoms with Crippen LogP contribution in [-0.4, -0.2) is 76.1 Å². The van der Waals surface area contributed by atoms with Gasteiger partial charge in [-0.2, -0.15) is 0 Å². The Bertz CT molecular complexity index is 741. The molecule has 0 aliphatic heterocycles. The quantitative estimate of drug-likeness (QED) is 0.150. The molecule has 0 spiro atoms. The standard InChI is InChI=1S/C21H30O9/c1-10(8-22)17-18(26)16(12(3)19(27)29-6)15(7-21(17,5)13(4)24)30-20(28)11(2)14(25)9-23/h14-18,22-26H,1-4,7-9H2,5-6H3/t14-,15-,16+,17?,18-,21?/m0/s1. The number of hydrogen-bond acceptors (Lipinski definition) is 9. The Morgan fingerprint density at radius 1 is 1.17 bits per heavy atom. The van der Waals surface area contributed by atoms with Gasteiger partial charge in [-0.3, -0.25) is 0 Å². The van der Waals surface area contributed by atoms with E-state index in [0.29, 0.717) is 0 Å². The van der Waals surface area contributed by atoms with Crippen molar-refractivity contribution in [3.63, 3.8) is 0 Å². The van der Waals surface area contributed by atoms with E-state index in [2.05, 4.69) is 31.1 Å². The molecule has 2 unspecified atom stereocenters. The van der Waals surface area contributed by atoms with Crippen LogP contribution in [0, 0.1) is 17.3 Å².